The molecule has 156 valence electrons. The van der Waals surface area contributed by atoms with Crippen LogP contribution in [0.2, 0.25) is 0 Å². The molecule has 0 spiro atoms. The second-order valence-electron chi connectivity index (χ2n) is 7.69. The van der Waals surface area contributed by atoms with Crippen molar-refractivity contribution in [3.63, 3.8) is 0 Å². The van der Waals surface area contributed by atoms with Gasteiger partial charge in [0, 0.05) is 18.6 Å². The zero-order valence-electron chi connectivity index (χ0n) is 16.0. The lowest BCUT2D eigenvalue weighted by atomic mass is 9.91. The summed E-state index contributed by atoms with van der Waals surface area (Å²) in [6.07, 6.45) is -4.58. The molecule has 2 rings (SSSR count). The van der Waals surface area contributed by atoms with Gasteiger partial charge in [0.1, 0.15) is 12.4 Å². The Hall–Kier alpha value is -2.45. The van der Waals surface area contributed by atoms with E-state index in [1.54, 1.807) is 20.8 Å². The average Bonchev–Trinajstić information content (AvgIpc) is 2.59. The predicted octanol–water partition coefficient (Wildman–Crippen LogP) is 3.76. The number of piperidine rings is 1. The zero-order chi connectivity index (χ0) is 21.1. The smallest absolute Gasteiger partial charge is 0.419 e. The molecule has 9 heteroatoms. The predicted molar refractivity (Wildman–Crippen MR) is 96.1 cm³/mol. The van der Waals surface area contributed by atoms with E-state index < -0.39 is 23.2 Å². The number of carbonyl (C=O) groups excluding carboxylic acids is 1. The normalized spacial score (nSPS) is 20.6. The molecular weight excluding hydrogens is 377 g/mol. The van der Waals surface area contributed by atoms with Crippen molar-refractivity contribution < 1.29 is 32.6 Å². The minimum Gasteiger partial charge on any atom is -0.492 e. The van der Waals surface area contributed by atoms with E-state index in [1.807, 2.05) is 0 Å². The van der Waals surface area contributed by atoms with Gasteiger partial charge < -0.3 is 20.1 Å². The fourth-order valence-electron chi connectivity index (χ4n) is 3.12. The van der Waals surface area contributed by atoms with Crippen LogP contribution in [-0.2, 0) is 11.0 Å². The van der Waals surface area contributed by atoms with Gasteiger partial charge in [0.05, 0.1) is 11.0 Å². The number of ether oxygens (including phenoxy) is 1. The topological polar surface area (TPSA) is 78.9 Å². The van der Waals surface area contributed by atoms with Crippen LogP contribution in [0.5, 0.6) is 5.75 Å². The average molecular weight is 402 g/mol. The molecule has 1 aromatic rings. The number of alkyl halides is 3. The molecule has 28 heavy (non-hydrogen) atoms. The highest BCUT2D eigenvalue weighted by atomic mass is 19.4. The molecule has 6 nitrogen and oxygen atoms in total. The van der Waals surface area contributed by atoms with E-state index in [9.17, 15) is 22.8 Å². The largest absolute Gasteiger partial charge is 0.492 e. The highest BCUT2D eigenvalue weighted by molar-refractivity contribution is 5.82. The summed E-state index contributed by atoms with van der Waals surface area (Å²) in [6.45, 7) is 5.05. The van der Waals surface area contributed by atoms with Crippen molar-refractivity contribution in [1.29, 1.82) is 0 Å². The summed E-state index contributed by atoms with van der Waals surface area (Å²) >= 11 is 0. The van der Waals surface area contributed by atoms with Crippen LogP contribution in [0.1, 0.15) is 39.2 Å². The van der Waals surface area contributed by atoms with Gasteiger partial charge >= 0.3 is 12.3 Å². The molecule has 1 heterocycles. The van der Waals surface area contributed by atoms with Gasteiger partial charge in [-0.3, -0.25) is 4.79 Å². The lowest BCUT2D eigenvalue weighted by Gasteiger charge is -2.37. The van der Waals surface area contributed by atoms with E-state index >= 15 is 0 Å². The van der Waals surface area contributed by atoms with Crippen LogP contribution < -0.4 is 10.1 Å². The minimum atomic E-state index is -4.54. The molecule has 0 aromatic heterocycles. The summed E-state index contributed by atoms with van der Waals surface area (Å²) in [5.74, 6) is -0.669. The number of halogens is 3. The third-order valence-corrected chi connectivity index (χ3v) is 4.85. The Balaban J connectivity index is 1.96. The van der Waals surface area contributed by atoms with Crippen molar-refractivity contribution in [2.45, 2.75) is 51.9 Å². The van der Waals surface area contributed by atoms with Crippen LogP contribution in [0.3, 0.4) is 0 Å². The van der Waals surface area contributed by atoms with Crippen molar-refractivity contribution in [2.75, 3.05) is 13.2 Å². The van der Waals surface area contributed by atoms with Gasteiger partial charge in [-0.2, -0.15) is 13.2 Å². The molecule has 2 atom stereocenters. The number of para-hydroxylation sites is 1. The highest BCUT2D eigenvalue weighted by Crippen LogP contribution is 2.36. The first-order valence-electron chi connectivity index (χ1n) is 9.01. The summed E-state index contributed by atoms with van der Waals surface area (Å²) in [7, 11) is 0. The third-order valence-electron chi connectivity index (χ3n) is 4.85. The number of benzene rings is 1. The molecule has 2 N–H and O–H groups in total. The second kappa shape index (κ2) is 8.28. The molecule has 2 amide bonds. The van der Waals surface area contributed by atoms with Crippen LogP contribution in [0.15, 0.2) is 24.3 Å². The maximum Gasteiger partial charge on any atom is 0.419 e. The lowest BCUT2D eigenvalue weighted by Crippen LogP contribution is -2.53. The molecule has 1 aliphatic heterocycles. The van der Waals surface area contributed by atoms with Crippen LogP contribution in [0.4, 0.5) is 18.0 Å². The Kier molecular flexibility index (Phi) is 6.46. The number of rotatable bonds is 5. The van der Waals surface area contributed by atoms with Gasteiger partial charge in [-0.25, -0.2) is 4.79 Å². The fourth-order valence-corrected chi connectivity index (χ4v) is 3.12. The lowest BCUT2D eigenvalue weighted by molar-refractivity contribution is -0.139. The second-order valence-corrected chi connectivity index (χ2v) is 7.69. The molecule has 0 saturated carbocycles. The number of nitrogens with one attached hydrogen (secondary N) is 1. The number of amides is 2. The van der Waals surface area contributed by atoms with Crippen molar-refractivity contribution in [2.24, 2.45) is 5.41 Å². The maximum atomic E-state index is 13.1. The number of likely N-dealkylation sites (tertiary alicyclic amines) is 1. The molecule has 1 fully saturated rings. The van der Waals surface area contributed by atoms with E-state index in [2.05, 4.69) is 5.32 Å². The molecule has 0 unspecified atom stereocenters. The number of hydrogen-bond acceptors (Lipinski definition) is 3. The molecule has 1 aliphatic rings. The number of nitrogens with zero attached hydrogens (tertiary/aromatic N) is 1. The Morgan fingerprint density at radius 3 is 2.50 bits per heavy atom. The van der Waals surface area contributed by atoms with Gasteiger partial charge in [0.2, 0.25) is 5.91 Å². The van der Waals surface area contributed by atoms with Crippen molar-refractivity contribution in [3.05, 3.63) is 29.8 Å². The van der Waals surface area contributed by atoms with Gasteiger partial charge in [0.25, 0.3) is 0 Å². The fraction of sp³-hybridized carbons (Fsp3) is 0.579. The first kappa shape index (κ1) is 21.8. The highest BCUT2D eigenvalue weighted by Gasteiger charge is 2.37. The Bertz CT molecular complexity index is 721. The SMILES string of the molecule is C[C@H]1C[C@H](NC(=O)C(C)(C)COc2ccccc2C(F)(F)F)CCN1C(=O)O. The van der Waals surface area contributed by atoms with E-state index in [-0.39, 0.29) is 30.3 Å². The van der Waals surface area contributed by atoms with Crippen molar-refractivity contribution in [3.8, 4) is 5.75 Å². The molecule has 1 aromatic carbocycles. The summed E-state index contributed by atoms with van der Waals surface area (Å²) in [6, 6.07) is 4.45. The molecule has 0 bridgehead atoms. The summed E-state index contributed by atoms with van der Waals surface area (Å²) in [5.41, 5.74) is -1.95. The molecule has 1 saturated heterocycles. The number of carboxylic acid groups (broad SMARTS) is 1. The van der Waals surface area contributed by atoms with Gasteiger partial charge in [-0.15, -0.1) is 0 Å². The first-order valence-corrected chi connectivity index (χ1v) is 9.01. The van der Waals surface area contributed by atoms with E-state index in [0.717, 1.165) is 6.07 Å². The number of hydrogen-bond donors (Lipinski definition) is 2. The quantitative estimate of drug-likeness (QED) is 0.786. The minimum absolute atomic E-state index is 0.195. The molecule has 0 aliphatic carbocycles. The van der Waals surface area contributed by atoms with E-state index in [1.165, 1.54) is 23.1 Å². The molecule has 0 radical (unpaired) electrons. The van der Waals surface area contributed by atoms with Crippen LogP contribution in [-0.4, -0.2) is 47.2 Å². The van der Waals surface area contributed by atoms with Crippen molar-refractivity contribution >= 4 is 12.0 Å². The Morgan fingerprint density at radius 2 is 1.93 bits per heavy atom. The van der Waals surface area contributed by atoms with Crippen LogP contribution >= 0.6 is 0 Å². The third kappa shape index (κ3) is 5.30. The van der Waals surface area contributed by atoms with Gasteiger partial charge in [-0.05, 0) is 45.7 Å². The summed E-state index contributed by atoms with van der Waals surface area (Å²) in [5, 5.41) is 12.0. The summed E-state index contributed by atoms with van der Waals surface area (Å²) in [4.78, 5) is 25.1. The summed E-state index contributed by atoms with van der Waals surface area (Å²) < 4.78 is 44.5. The monoisotopic (exact) mass is 402 g/mol. The van der Waals surface area contributed by atoms with Crippen LogP contribution in [0, 0.1) is 5.41 Å². The first-order chi connectivity index (χ1) is 12.9. The Labute approximate surface area is 161 Å². The van der Waals surface area contributed by atoms with E-state index in [4.69, 9.17) is 9.84 Å². The molecular formula is C19H25F3N2O4. The van der Waals surface area contributed by atoms with Gasteiger partial charge in [0.15, 0.2) is 0 Å². The van der Waals surface area contributed by atoms with Crippen molar-refractivity contribution in [1.82, 2.24) is 10.2 Å². The maximum absolute atomic E-state index is 13.1. The standard InChI is InChI=1S/C19H25F3N2O4/c1-12-10-13(8-9-24(12)17(26)27)23-16(25)18(2,3)11-28-15-7-5-4-6-14(15)19(20,21)22/h4-7,12-13H,8-11H2,1-3H3,(H,23,25)(H,26,27)/t12-,13+/m0/s1. The van der Waals surface area contributed by atoms with E-state index in [0.29, 0.717) is 19.4 Å². The Morgan fingerprint density at radius 1 is 1.29 bits per heavy atom. The zero-order valence-corrected chi connectivity index (χ0v) is 16.0. The van der Waals surface area contributed by atoms with Crippen LogP contribution in [0.25, 0.3) is 0 Å². The van der Waals surface area contributed by atoms with Gasteiger partial charge in [-0.1, -0.05) is 12.1 Å². The number of carbonyl (C=O) groups is 2.